The monoisotopic (exact) mass is 799 g/mol. The minimum atomic E-state index is -3.90. The van der Waals surface area contributed by atoms with Gasteiger partial charge < -0.3 is 25.1 Å². The van der Waals surface area contributed by atoms with E-state index in [-0.39, 0.29) is 18.9 Å². The lowest BCUT2D eigenvalue weighted by Crippen LogP contribution is -2.59. The summed E-state index contributed by atoms with van der Waals surface area (Å²) in [6, 6.07) is 13.3. The Bertz CT molecular complexity index is 2000. The van der Waals surface area contributed by atoms with Gasteiger partial charge >= 0.3 is 6.09 Å². The largest absolute Gasteiger partial charge is 0.446 e. The smallest absolute Gasteiger partial charge is 0.408 e. The zero-order valence-electron chi connectivity index (χ0n) is 32.3. The van der Waals surface area contributed by atoms with Crippen molar-refractivity contribution in [2.45, 2.75) is 144 Å². The van der Waals surface area contributed by atoms with Gasteiger partial charge in [-0.15, -0.1) is 6.58 Å². The van der Waals surface area contributed by atoms with Crippen molar-refractivity contribution in [3.63, 3.8) is 0 Å². The molecule has 8 rings (SSSR count). The van der Waals surface area contributed by atoms with E-state index in [1.165, 1.54) is 6.08 Å². The first-order valence-electron chi connectivity index (χ1n) is 20.8. The van der Waals surface area contributed by atoms with E-state index in [4.69, 9.17) is 14.7 Å². The topological polar surface area (TPSA) is 173 Å². The number of nitrogens with one attached hydrogen (secondary N) is 3. The van der Waals surface area contributed by atoms with Crippen LogP contribution in [0.5, 0.6) is 0 Å². The molecule has 0 radical (unpaired) electrons. The number of fused-ring (bicyclic) bond motifs is 4. The third-order valence-corrected chi connectivity index (χ3v) is 14.5. The molecule has 13 nitrogen and oxygen atoms in total. The number of ether oxygens (including phenoxy) is 1. The van der Waals surface area contributed by atoms with Crippen molar-refractivity contribution >= 4 is 39.5 Å². The summed E-state index contributed by atoms with van der Waals surface area (Å²) in [7, 11) is -3.90. The molecular weight excluding hydrogens is 747 g/mol. The van der Waals surface area contributed by atoms with Crippen LogP contribution >= 0.6 is 0 Å². The van der Waals surface area contributed by atoms with Crippen molar-refractivity contribution in [1.29, 1.82) is 0 Å². The third-order valence-electron chi connectivity index (χ3n) is 12.7. The second kappa shape index (κ2) is 16.3. The Labute approximate surface area is 334 Å². The average Bonchev–Trinajstić information content (AvgIpc) is 4.06. The summed E-state index contributed by atoms with van der Waals surface area (Å²) in [4.78, 5) is 64.7. The van der Waals surface area contributed by atoms with Crippen molar-refractivity contribution < 1.29 is 37.2 Å². The van der Waals surface area contributed by atoms with E-state index in [0.29, 0.717) is 37.8 Å². The van der Waals surface area contributed by atoms with Crippen molar-refractivity contribution in [3.8, 4) is 11.1 Å². The summed E-state index contributed by atoms with van der Waals surface area (Å²) >= 11 is 0. The lowest BCUT2D eigenvalue weighted by Gasteiger charge is -2.34. The highest BCUT2D eigenvalue weighted by molar-refractivity contribution is 7.91. The fourth-order valence-electron chi connectivity index (χ4n) is 9.30. The summed E-state index contributed by atoms with van der Waals surface area (Å²) in [6.45, 7) is 3.83. The molecule has 3 N–H and O–H groups in total. The molecule has 6 aliphatic rings. The summed E-state index contributed by atoms with van der Waals surface area (Å²) in [5, 5.41) is 9.91. The van der Waals surface area contributed by atoms with Crippen LogP contribution in [-0.4, -0.2) is 84.0 Å². The third kappa shape index (κ3) is 8.06. The minimum Gasteiger partial charge on any atom is -0.446 e. The average molecular weight is 800 g/mol. The Hall–Kier alpha value is -4.72. The number of rotatable bonds is 10. The lowest BCUT2D eigenvalue weighted by molar-refractivity contribution is -0.143. The first-order valence-corrected chi connectivity index (χ1v) is 22.4. The molecule has 5 fully saturated rings. The maximum absolute atomic E-state index is 15.0. The predicted molar refractivity (Wildman–Crippen MR) is 213 cm³/mol. The minimum absolute atomic E-state index is 0.0678. The van der Waals surface area contributed by atoms with Gasteiger partial charge in [-0.05, 0) is 68.9 Å². The maximum Gasteiger partial charge on any atom is 0.408 e. The SMILES string of the molecule is C=C[C@@H]1CC1(NC(=O)[C@@H]1C[C@@H](ON=C2c3ccccc3-c3ccccc32)C2CCCCCCCCC(NC(=O)OC3CCCC3)C(=O)N21)C(=O)NS(=O)(=O)C1CC1. The second-order valence-corrected chi connectivity index (χ2v) is 18.6. The highest BCUT2D eigenvalue weighted by Crippen LogP contribution is 2.46. The predicted octanol–water partition coefficient (Wildman–Crippen LogP) is 5.62. The Morgan fingerprint density at radius 3 is 2.04 bits per heavy atom. The zero-order chi connectivity index (χ0) is 39.7. The van der Waals surface area contributed by atoms with Gasteiger partial charge in [0.25, 0.3) is 5.91 Å². The first kappa shape index (κ1) is 39.1. The summed E-state index contributed by atoms with van der Waals surface area (Å²) < 4.78 is 33.6. The highest BCUT2D eigenvalue weighted by atomic mass is 32.2. The number of amides is 4. The van der Waals surface area contributed by atoms with E-state index in [1.54, 1.807) is 4.90 Å². The van der Waals surface area contributed by atoms with Crippen LogP contribution in [0.4, 0.5) is 4.79 Å². The van der Waals surface area contributed by atoms with Crippen LogP contribution in [0.2, 0.25) is 0 Å². The molecule has 0 bridgehead atoms. The van der Waals surface area contributed by atoms with Crippen molar-refractivity contribution in [3.05, 3.63) is 72.3 Å². The van der Waals surface area contributed by atoms with Crippen molar-refractivity contribution in [2.75, 3.05) is 0 Å². The Morgan fingerprint density at radius 1 is 0.825 bits per heavy atom. The first-order chi connectivity index (χ1) is 27.6. The number of oxime groups is 1. The fourth-order valence-corrected chi connectivity index (χ4v) is 10.7. The molecule has 3 saturated carbocycles. The molecule has 304 valence electrons. The van der Waals surface area contributed by atoms with E-state index in [2.05, 4.69) is 21.9 Å². The van der Waals surface area contributed by atoms with Crippen LogP contribution in [0.15, 0.2) is 66.3 Å². The number of carbonyl (C=O) groups excluding carboxylic acids is 4. The number of hydrogen-bond donors (Lipinski definition) is 3. The Balaban J connectivity index is 1.12. The van der Waals surface area contributed by atoms with Gasteiger partial charge in [0.15, 0.2) is 0 Å². The quantitative estimate of drug-likeness (QED) is 0.175. The van der Waals surface area contributed by atoms with E-state index >= 15 is 0 Å². The molecule has 2 saturated heterocycles. The molecule has 3 unspecified atom stereocenters. The fraction of sp³-hybridized carbons (Fsp3) is 0.558. The van der Waals surface area contributed by atoms with Crippen molar-refractivity contribution in [2.24, 2.45) is 11.1 Å². The van der Waals surface area contributed by atoms with Gasteiger partial charge in [0.2, 0.25) is 21.8 Å². The normalized spacial score (nSPS) is 28.8. The van der Waals surface area contributed by atoms with Gasteiger partial charge in [-0.3, -0.25) is 19.1 Å². The molecule has 0 aromatic heterocycles. The van der Waals surface area contributed by atoms with Gasteiger partial charge in [-0.25, -0.2) is 13.2 Å². The van der Waals surface area contributed by atoms with Crippen LogP contribution in [-0.2, 0) is 34.0 Å². The zero-order valence-corrected chi connectivity index (χ0v) is 33.1. The van der Waals surface area contributed by atoms with Gasteiger partial charge in [0.05, 0.1) is 11.3 Å². The molecule has 6 atom stereocenters. The Kier molecular flexibility index (Phi) is 11.2. The van der Waals surface area contributed by atoms with E-state index in [9.17, 15) is 27.6 Å². The summed E-state index contributed by atoms with van der Waals surface area (Å²) in [5.74, 6) is -2.35. The number of sulfonamides is 1. The van der Waals surface area contributed by atoms with Crippen LogP contribution in [0.3, 0.4) is 0 Å². The molecule has 0 spiro atoms. The van der Waals surface area contributed by atoms with Gasteiger partial charge in [0, 0.05) is 23.5 Å². The molecule has 57 heavy (non-hydrogen) atoms. The molecule has 2 aromatic carbocycles. The van der Waals surface area contributed by atoms with Crippen LogP contribution in [0, 0.1) is 5.92 Å². The van der Waals surface area contributed by atoms with E-state index < -0.39 is 74.8 Å². The van der Waals surface area contributed by atoms with Crippen LogP contribution < -0.4 is 15.4 Å². The molecule has 14 heteroatoms. The molecule has 2 aromatic rings. The maximum atomic E-state index is 15.0. The number of nitrogens with zero attached hydrogens (tertiary/aromatic N) is 2. The summed E-state index contributed by atoms with van der Waals surface area (Å²) in [5.41, 5.74) is 3.03. The van der Waals surface area contributed by atoms with Gasteiger partial charge in [0.1, 0.15) is 35.5 Å². The number of alkyl carbamates (subject to hydrolysis) is 1. The number of carbonyl (C=O) groups is 4. The molecule has 4 aliphatic carbocycles. The number of hydrogen-bond acceptors (Lipinski definition) is 9. The van der Waals surface area contributed by atoms with E-state index in [1.807, 2.05) is 48.5 Å². The van der Waals surface area contributed by atoms with Gasteiger partial charge in [-0.1, -0.05) is 98.3 Å². The number of benzene rings is 2. The standard InChI is InChI=1S/C43H53N5O8S/c1-2-27-26-43(27,41(51)47-57(53,54)29-23-24-29)45-39(49)36-25-37(56-46-38-32-19-13-11-17-30(32)31-18-12-14-20-33(31)38)35-22-8-6-4-3-5-7-21-34(40(50)48(35)36)44-42(52)55-28-15-9-10-16-28/h2,11-14,17-20,27-29,34-37H,1,3-10,15-16,21-26H2,(H,44,52)(H,45,49)(H,47,51)/t27-,34?,35?,36+,37-,43?/m1/s1. The Morgan fingerprint density at radius 2 is 1.42 bits per heavy atom. The molecule has 2 aliphatic heterocycles. The molecule has 2 heterocycles. The molecule has 4 amide bonds. The van der Waals surface area contributed by atoms with Crippen LogP contribution in [0.1, 0.15) is 114 Å². The van der Waals surface area contributed by atoms with Crippen molar-refractivity contribution in [1.82, 2.24) is 20.3 Å². The lowest BCUT2D eigenvalue weighted by atomic mass is 9.99. The summed E-state index contributed by atoms with van der Waals surface area (Å²) in [6.07, 6.45) is 10.9. The highest BCUT2D eigenvalue weighted by Gasteiger charge is 2.62. The van der Waals surface area contributed by atoms with Crippen LogP contribution in [0.25, 0.3) is 11.1 Å². The second-order valence-electron chi connectivity index (χ2n) is 16.6. The van der Waals surface area contributed by atoms with E-state index in [0.717, 1.165) is 80.0 Å². The van der Waals surface area contributed by atoms with Gasteiger partial charge in [-0.2, -0.15) is 0 Å². The molecular formula is C43H53N5O8S.